The van der Waals surface area contributed by atoms with Gasteiger partial charge in [0.05, 0.1) is 12.5 Å². The number of carbonyl (C=O) groups excluding carboxylic acids is 2. The number of ketones is 2. The van der Waals surface area contributed by atoms with E-state index in [9.17, 15) is 14.7 Å². The molecule has 2 atom stereocenters. The van der Waals surface area contributed by atoms with E-state index in [2.05, 4.69) is 31.2 Å². The van der Waals surface area contributed by atoms with Crippen molar-refractivity contribution in [3.05, 3.63) is 82.8 Å². The summed E-state index contributed by atoms with van der Waals surface area (Å²) in [5.74, 6) is 0.708. The lowest BCUT2D eigenvalue weighted by molar-refractivity contribution is -0.120. The number of aryl methyl sites for hydroxylation is 1. The van der Waals surface area contributed by atoms with E-state index in [0.29, 0.717) is 24.3 Å². The van der Waals surface area contributed by atoms with Crippen molar-refractivity contribution in [3.63, 3.8) is 0 Å². The van der Waals surface area contributed by atoms with Crippen molar-refractivity contribution in [3.8, 4) is 5.75 Å². The highest BCUT2D eigenvalue weighted by Gasteiger charge is 2.43. The molecular formula is C27H27NO4. The predicted octanol–water partition coefficient (Wildman–Crippen LogP) is 4.93. The molecule has 5 nitrogen and oxygen atoms in total. The van der Waals surface area contributed by atoms with Crippen LogP contribution < -0.4 is 4.74 Å². The standard InChI is InChI=1S/C27H27NO4/c1-17(6-5-9-18-7-3-2-4-8-18)32-20-10-11-21-22(16-20)26-23(14-19(29)15-25(26)31)28-13-12-24(30)27(21)28/h2-4,7-8,10-11,15-17,27,31H,5-6,9,12-14H2,1H3. The normalized spacial score (nSPS) is 20.5. The molecule has 2 aliphatic heterocycles. The molecule has 0 bridgehead atoms. The van der Waals surface area contributed by atoms with Crippen molar-refractivity contribution >= 4 is 17.1 Å². The molecular weight excluding hydrogens is 402 g/mol. The Morgan fingerprint density at radius 2 is 1.97 bits per heavy atom. The highest BCUT2D eigenvalue weighted by atomic mass is 16.5. The summed E-state index contributed by atoms with van der Waals surface area (Å²) < 4.78 is 6.20. The highest BCUT2D eigenvalue weighted by Crippen LogP contribution is 2.48. The summed E-state index contributed by atoms with van der Waals surface area (Å²) in [6.45, 7) is 2.65. The number of benzene rings is 2. The van der Waals surface area contributed by atoms with Crippen LogP contribution in [0.25, 0.3) is 5.57 Å². The average Bonchev–Trinajstić information content (AvgIpc) is 3.16. The zero-order valence-electron chi connectivity index (χ0n) is 18.2. The van der Waals surface area contributed by atoms with E-state index >= 15 is 0 Å². The van der Waals surface area contributed by atoms with Gasteiger partial charge in [0.1, 0.15) is 17.6 Å². The van der Waals surface area contributed by atoms with Gasteiger partial charge in [0.15, 0.2) is 11.6 Å². The second-order valence-corrected chi connectivity index (χ2v) is 8.86. The van der Waals surface area contributed by atoms with E-state index in [4.69, 9.17) is 4.74 Å². The van der Waals surface area contributed by atoms with E-state index in [1.54, 1.807) is 0 Å². The maximum absolute atomic E-state index is 12.6. The zero-order chi connectivity index (χ0) is 22.2. The van der Waals surface area contributed by atoms with Gasteiger partial charge in [-0.05, 0) is 55.0 Å². The smallest absolute Gasteiger partial charge is 0.165 e. The summed E-state index contributed by atoms with van der Waals surface area (Å²) in [7, 11) is 0. The van der Waals surface area contributed by atoms with Gasteiger partial charge in [0, 0.05) is 30.3 Å². The summed E-state index contributed by atoms with van der Waals surface area (Å²) in [5.41, 5.74) is 4.42. The van der Waals surface area contributed by atoms with Crippen LogP contribution in [0.2, 0.25) is 0 Å². The fourth-order valence-electron chi connectivity index (χ4n) is 5.11. The Morgan fingerprint density at radius 3 is 2.78 bits per heavy atom. The van der Waals surface area contributed by atoms with Gasteiger partial charge in [-0.2, -0.15) is 0 Å². The number of Topliss-reactive ketones (excluding diaryl/α,β-unsaturated/α-hetero) is 1. The summed E-state index contributed by atoms with van der Waals surface area (Å²) in [6, 6.07) is 15.8. The summed E-state index contributed by atoms with van der Waals surface area (Å²) in [4.78, 5) is 26.8. The van der Waals surface area contributed by atoms with Crippen LogP contribution in [0, 0.1) is 0 Å². The molecule has 32 heavy (non-hydrogen) atoms. The largest absolute Gasteiger partial charge is 0.507 e. The average molecular weight is 430 g/mol. The molecule has 0 saturated carbocycles. The number of nitrogens with zero attached hydrogens (tertiary/aromatic N) is 1. The quantitative estimate of drug-likeness (QED) is 0.705. The van der Waals surface area contributed by atoms with E-state index in [0.717, 1.165) is 36.1 Å². The third-order valence-electron chi connectivity index (χ3n) is 6.59. The Kier molecular flexibility index (Phi) is 5.33. The van der Waals surface area contributed by atoms with Crippen LogP contribution >= 0.6 is 0 Å². The SMILES string of the molecule is CC(CCCc1ccccc1)Oc1ccc2c(c1)C1=C(CC(=O)C=C1O)N1CCC(=O)C21. The van der Waals surface area contributed by atoms with Crippen molar-refractivity contribution < 1.29 is 19.4 Å². The lowest BCUT2D eigenvalue weighted by atomic mass is 9.83. The van der Waals surface area contributed by atoms with Crippen molar-refractivity contribution in [1.29, 1.82) is 0 Å². The lowest BCUT2D eigenvalue weighted by Gasteiger charge is -2.37. The molecule has 164 valence electrons. The third kappa shape index (κ3) is 3.72. The minimum Gasteiger partial charge on any atom is -0.507 e. The molecule has 1 N–H and O–H groups in total. The van der Waals surface area contributed by atoms with Crippen LogP contribution in [0.15, 0.2) is 66.1 Å². The van der Waals surface area contributed by atoms with Crippen LogP contribution in [-0.4, -0.2) is 34.2 Å². The van der Waals surface area contributed by atoms with Gasteiger partial charge in [-0.25, -0.2) is 0 Å². The molecule has 1 saturated heterocycles. The maximum atomic E-state index is 12.6. The number of carbonyl (C=O) groups is 2. The zero-order valence-corrected chi connectivity index (χ0v) is 18.2. The van der Waals surface area contributed by atoms with Gasteiger partial charge in [0.2, 0.25) is 0 Å². The third-order valence-corrected chi connectivity index (χ3v) is 6.59. The first-order valence-corrected chi connectivity index (χ1v) is 11.3. The molecule has 5 heteroatoms. The number of allylic oxidation sites excluding steroid dienone is 3. The van der Waals surface area contributed by atoms with Crippen molar-refractivity contribution in [2.45, 2.75) is 51.2 Å². The van der Waals surface area contributed by atoms with Crippen molar-refractivity contribution in [1.82, 2.24) is 4.90 Å². The van der Waals surface area contributed by atoms with Crippen LogP contribution in [0.3, 0.4) is 0 Å². The Balaban J connectivity index is 1.37. The Hall–Kier alpha value is -3.34. The van der Waals surface area contributed by atoms with Crippen LogP contribution in [0.5, 0.6) is 5.75 Å². The first-order valence-electron chi connectivity index (χ1n) is 11.3. The number of aliphatic hydroxyl groups excluding tert-OH is 1. The topological polar surface area (TPSA) is 66.8 Å². The van der Waals surface area contributed by atoms with Crippen molar-refractivity contribution in [2.75, 3.05) is 6.54 Å². The second-order valence-electron chi connectivity index (χ2n) is 8.86. The molecule has 2 aromatic rings. The number of hydrogen-bond acceptors (Lipinski definition) is 5. The molecule has 0 radical (unpaired) electrons. The molecule has 1 fully saturated rings. The molecule has 1 aliphatic carbocycles. The number of aliphatic hydroxyl groups is 1. The summed E-state index contributed by atoms with van der Waals surface area (Å²) in [5, 5.41) is 10.6. The first-order chi connectivity index (χ1) is 15.5. The number of fused-ring (bicyclic) bond motifs is 5. The summed E-state index contributed by atoms with van der Waals surface area (Å²) in [6.07, 6.45) is 4.97. The maximum Gasteiger partial charge on any atom is 0.165 e. The van der Waals surface area contributed by atoms with E-state index < -0.39 is 0 Å². The molecule has 2 heterocycles. The summed E-state index contributed by atoms with van der Waals surface area (Å²) >= 11 is 0. The van der Waals surface area contributed by atoms with Crippen LogP contribution in [0.1, 0.15) is 55.3 Å². The van der Waals surface area contributed by atoms with E-state index in [1.165, 1.54) is 11.6 Å². The van der Waals surface area contributed by atoms with Crippen LogP contribution in [-0.2, 0) is 16.0 Å². The first kappa shape index (κ1) is 20.6. The minimum absolute atomic E-state index is 0.0247. The Morgan fingerprint density at radius 1 is 1.16 bits per heavy atom. The predicted molar refractivity (Wildman–Crippen MR) is 122 cm³/mol. The highest BCUT2D eigenvalue weighted by molar-refractivity contribution is 6.03. The molecule has 0 amide bonds. The Bertz CT molecular complexity index is 1130. The molecule has 3 aliphatic rings. The molecule has 5 rings (SSSR count). The monoisotopic (exact) mass is 429 g/mol. The van der Waals surface area contributed by atoms with E-state index in [1.807, 2.05) is 29.2 Å². The molecule has 2 unspecified atom stereocenters. The van der Waals surface area contributed by atoms with Gasteiger partial charge in [-0.15, -0.1) is 0 Å². The minimum atomic E-state index is -0.375. The van der Waals surface area contributed by atoms with Gasteiger partial charge < -0.3 is 14.7 Å². The Labute approximate surface area is 188 Å². The second kappa shape index (κ2) is 8.30. The molecule has 2 aromatic carbocycles. The van der Waals surface area contributed by atoms with Crippen molar-refractivity contribution in [2.24, 2.45) is 0 Å². The fourth-order valence-corrected chi connectivity index (χ4v) is 5.11. The van der Waals surface area contributed by atoms with Gasteiger partial charge in [-0.1, -0.05) is 36.4 Å². The van der Waals surface area contributed by atoms with E-state index in [-0.39, 0.29) is 35.9 Å². The molecule has 0 spiro atoms. The molecule has 0 aromatic heterocycles. The number of rotatable bonds is 6. The van der Waals surface area contributed by atoms with Gasteiger partial charge in [0.25, 0.3) is 0 Å². The van der Waals surface area contributed by atoms with Crippen LogP contribution in [0.4, 0.5) is 0 Å². The van der Waals surface area contributed by atoms with Gasteiger partial charge in [-0.3, -0.25) is 9.59 Å². The number of ether oxygens (including phenoxy) is 1. The lowest BCUT2D eigenvalue weighted by Crippen LogP contribution is -2.33. The fraction of sp³-hybridized carbons (Fsp3) is 0.333. The number of hydrogen-bond donors (Lipinski definition) is 1. The van der Waals surface area contributed by atoms with Gasteiger partial charge >= 0.3 is 0 Å².